The van der Waals surface area contributed by atoms with Gasteiger partial charge in [0.2, 0.25) is 5.78 Å². The fraction of sp³-hybridized carbons (Fsp3) is 0.167. The number of hydrogen-bond acceptors (Lipinski definition) is 4. The van der Waals surface area contributed by atoms with Crippen molar-refractivity contribution < 1.29 is 4.79 Å². The molecule has 1 aromatic carbocycles. The molecule has 0 spiro atoms. The van der Waals surface area contributed by atoms with Crippen LogP contribution < -0.4 is 5.32 Å². The Balaban J connectivity index is 1.92. The lowest BCUT2D eigenvalue weighted by Crippen LogP contribution is -2.18. The van der Waals surface area contributed by atoms with Gasteiger partial charge in [-0.15, -0.1) is 0 Å². The summed E-state index contributed by atoms with van der Waals surface area (Å²) in [4.78, 5) is 21.9. The Labute approximate surface area is 133 Å². The molecule has 0 bridgehead atoms. The van der Waals surface area contributed by atoms with Crippen LogP contribution in [-0.2, 0) is 0 Å². The Hall–Kier alpha value is -2.95. The lowest BCUT2D eigenvalue weighted by Gasteiger charge is -2.10. The molecule has 2 aromatic heterocycles. The minimum atomic E-state index is -0.460. The smallest absolute Gasteiger partial charge is 0.207 e. The highest BCUT2D eigenvalue weighted by Gasteiger charge is 2.28. The maximum absolute atomic E-state index is 12.8. The van der Waals surface area contributed by atoms with Gasteiger partial charge in [-0.3, -0.25) is 14.2 Å². The minimum absolute atomic E-state index is 0.0326. The van der Waals surface area contributed by atoms with Crippen LogP contribution in [0.2, 0.25) is 0 Å². The number of hydrogen-bond donors (Lipinski definition) is 1. The number of pyridine rings is 1. The van der Waals surface area contributed by atoms with E-state index in [1.165, 1.54) is 0 Å². The van der Waals surface area contributed by atoms with Crippen molar-refractivity contribution in [1.29, 1.82) is 0 Å². The Morgan fingerprint density at radius 2 is 1.91 bits per heavy atom. The van der Waals surface area contributed by atoms with Crippen molar-refractivity contribution in [3.8, 4) is 0 Å². The highest BCUT2D eigenvalue weighted by Crippen LogP contribution is 2.24. The molecule has 0 saturated carbocycles. The van der Waals surface area contributed by atoms with Crippen molar-refractivity contribution in [3.63, 3.8) is 0 Å². The number of anilines is 1. The van der Waals surface area contributed by atoms with Crippen molar-refractivity contribution in [3.05, 3.63) is 65.5 Å². The molecule has 0 fully saturated rings. The van der Waals surface area contributed by atoms with Crippen molar-refractivity contribution in [2.45, 2.75) is 19.9 Å². The Morgan fingerprint density at radius 3 is 2.74 bits per heavy atom. The molecule has 0 radical (unpaired) electrons. The molecule has 1 aliphatic rings. The quantitative estimate of drug-likeness (QED) is 0.751. The number of ketones is 1. The number of carbonyl (C=O) groups is 1. The van der Waals surface area contributed by atoms with Crippen LogP contribution in [0.4, 0.5) is 5.82 Å². The molecular formula is C18H16N4O. The van der Waals surface area contributed by atoms with Crippen LogP contribution in [-0.4, -0.2) is 27.0 Å². The van der Waals surface area contributed by atoms with E-state index < -0.39 is 6.04 Å². The van der Waals surface area contributed by atoms with Crippen LogP contribution in [0.1, 0.15) is 28.5 Å². The van der Waals surface area contributed by atoms with Crippen molar-refractivity contribution in [2.75, 3.05) is 5.32 Å². The van der Waals surface area contributed by atoms with Gasteiger partial charge in [0.1, 0.15) is 23.2 Å². The zero-order valence-electron chi connectivity index (χ0n) is 12.9. The monoisotopic (exact) mass is 304 g/mol. The zero-order chi connectivity index (χ0) is 16.0. The first-order valence-electron chi connectivity index (χ1n) is 7.57. The summed E-state index contributed by atoms with van der Waals surface area (Å²) < 4.78 is 1.82. The summed E-state index contributed by atoms with van der Waals surface area (Å²) in [5.74, 6) is 1.22. The van der Waals surface area contributed by atoms with Crippen molar-refractivity contribution in [1.82, 2.24) is 9.38 Å². The molecule has 1 atom stereocenters. The number of Topliss-reactive ketones (excluding diaryl/α,β-unsaturated/α-hetero) is 1. The molecule has 3 aromatic rings. The van der Waals surface area contributed by atoms with E-state index in [0.717, 1.165) is 16.8 Å². The SMILES string of the molecule is Cc1ccccc1C1=N[C@@H](C)C(=O)c2c(nc3ccccn23)N1. The molecule has 0 amide bonds. The Morgan fingerprint density at radius 1 is 1.13 bits per heavy atom. The van der Waals surface area contributed by atoms with Gasteiger partial charge < -0.3 is 5.32 Å². The normalized spacial score (nSPS) is 17.4. The van der Waals surface area contributed by atoms with Crippen molar-refractivity contribution >= 4 is 23.1 Å². The maximum atomic E-state index is 12.8. The Bertz CT molecular complexity index is 955. The van der Waals surface area contributed by atoms with Gasteiger partial charge in [0.05, 0.1) is 0 Å². The molecule has 0 aliphatic carbocycles. The lowest BCUT2D eigenvalue weighted by molar-refractivity contribution is 0.0965. The number of imidazole rings is 1. The van der Waals surface area contributed by atoms with Crippen LogP contribution in [0.3, 0.4) is 0 Å². The second-order valence-electron chi connectivity index (χ2n) is 5.70. The minimum Gasteiger partial charge on any atom is -0.323 e. The highest BCUT2D eigenvalue weighted by atomic mass is 16.1. The largest absolute Gasteiger partial charge is 0.323 e. The van der Waals surface area contributed by atoms with E-state index in [1.54, 1.807) is 0 Å². The number of nitrogens with zero attached hydrogens (tertiary/aromatic N) is 3. The molecule has 1 N–H and O–H groups in total. The number of carbonyl (C=O) groups excluding carboxylic acids is 1. The van der Waals surface area contributed by atoms with Gasteiger partial charge in [-0.1, -0.05) is 30.3 Å². The second kappa shape index (κ2) is 5.05. The number of nitrogens with one attached hydrogen (secondary N) is 1. The summed E-state index contributed by atoms with van der Waals surface area (Å²) >= 11 is 0. The van der Waals surface area contributed by atoms with Crippen LogP contribution in [0.15, 0.2) is 53.7 Å². The van der Waals surface area contributed by atoms with Gasteiger partial charge in [-0.25, -0.2) is 4.98 Å². The third-order valence-electron chi connectivity index (χ3n) is 4.10. The lowest BCUT2D eigenvalue weighted by atomic mass is 10.1. The van der Waals surface area contributed by atoms with E-state index in [4.69, 9.17) is 0 Å². The summed E-state index contributed by atoms with van der Waals surface area (Å²) in [5.41, 5.74) is 3.39. The van der Waals surface area contributed by atoms with Gasteiger partial charge in [-0.05, 0) is 31.5 Å². The molecule has 23 heavy (non-hydrogen) atoms. The van der Waals surface area contributed by atoms with E-state index in [9.17, 15) is 4.79 Å². The van der Waals surface area contributed by atoms with Crippen LogP contribution >= 0.6 is 0 Å². The van der Waals surface area contributed by atoms with E-state index in [-0.39, 0.29) is 5.78 Å². The summed E-state index contributed by atoms with van der Waals surface area (Å²) in [5, 5.41) is 3.26. The van der Waals surface area contributed by atoms with Gasteiger partial charge >= 0.3 is 0 Å². The van der Waals surface area contributed by atoms with E-state index >= 15 is 0 Å². The van der Waals surface area contributed by atoms with Crippen LogP contribution in [0, 0.1) is 6.92 Å². The number of rotatable bonds is 1. The fourth-order valence-corrected chi connectivity index (χ4v) is 2.89. The predicted molar refractivity (Wildman–Crippen MR) is 90.3 cm³/mol. The number of aromatic nitrogens is 2. The first-order valence-corrected chi connectivity index (χ1v) is 7.57. The molecule has 5 heteroatoms. The average Bonchev–Trinajstić information content (AvgIpc) is 2.86. The van der Waals surface area contributed by atoms with Gasteiger partial charge in [0, 0.05) is 11.8 Å². The maximum Gasteiger partial charge on any atom is 0.207 e. The molecule has 1 aliphatic heterocycles. The van der Waals surface area contributed by atoms with Crippen LogP contribution in [0.25, 0.3) is 5.65 Å². The first kappa shape index (κ1) is 13.7. The Kier molecular flexibility index (Phi) is 3.01. The van der Waals surface area contributed by atoms with Gasteiger partial charge in [0.15, 0.2) is 5.82 Å². The molecule has 4 rings (SSSR count). The molecule has 0 saturated heterocycles. The molecule has 114 valence electrons. The molecular weight excluding hydrogens is 288 g/mol. The average molecular weight is 304 g/mol. The number of amidine groups is 1. The highest BCUT2D eigenvalue weighted by molar-refractivity contribution is 6.16. The molecule has 3 heterocycles. The first-order chi connectivity index (χ1) is 11.1. The summed E-state index contributed by atoms with van der Waals surface area (Å²) in [6, 6.07) is 13.2. The topological polar surface area (TPSA) is 58.8 Å². The number of aliphatic imine (C=N–C) groups is 1. The number of fused-ring (bicyclic) bond motifs is 3. The second-order valence-corrected chi connectivity index (χ2v) is 5.70. The van der Waals surface area contributed by atoms with Gasteiger partial charge in [0.25, 0.3) is 0 Å². The molecule has 5 nitrogen and oxygen atoms in total. The zero-order valence-corrected chi connectivity index (χ0v) is 12.9. The predicted octanol–water partition coefficient (Wildman–Crippen LogP) is 3.09. The van der Waals surface area contributed by atoms with E-state index in [0.29, 0.717) is 17.3 Å². The van der Waals surface area contributed by atoms with Gasteiger partial charge in [-0.2, -0.15) is 0 Å². The van der Waals surface area contributed by atoms with Crippen molar-refractivity contribution in [2.24, 2.45) is 4.99 Å². The number of aryl methyl sites for hydroxylation is 1. The number of benzene rings is 1. The third-order valence-corrected chi connectivity index (χ3v) is 4.10. The summed E-state index contributed by atoms with van der Waals surface area (Å²) in [6.07, 6.45) is 1.85. The molecule has 0 unspecified atom stereocenters. The third kappa shape index (κ3) is 2.12. The fourth-order valence-electron chi connectivity index (χ4n) is 2.89. The van der Waals surface area contributed by atoms with Crippen LogP contribution in [0.5, 0.6) is 0 Å². The standard InChI is InChI=1S/C18H16N4O/c1-11-7-3-4-8-13(11)17-19-12(2)16(23)15-18(21-17)20-14-9-5-6-10-22(14)15/h3-10,12H,1-2H3,(H,19,21)/t12-/m0/s1. The summed E-state index contributed by atoms with van der Waals surface area (Å²) in [6.45, 7) is 3.85. The summed E-state index contributed by atoms with van der Waals surface area (Å²) in [7, 11) is 0. The van der Waals surface area contributed by atoms with E-state index in [1.807, 2.05) is 66.9 Å². The van der Waals surface area contributed by atoms with E-state index in [2.05, 4.69) is 15.3 Å².